The lowest BCUT2D eigenvalue weighted by atomic mass is 10.3. The van der Waals surface area contributed by atoms with Crippen molar-refractivity contribution in [3.8, 4) is 6.07 Å². The number of nitriles is 1. The summed E-state index contributed by atoms with van der Waals surface area (Å²) in [4.78, 5) is 12.5. The number of nitrogens with zero attached hydrogens (tertiary/aromatic N) is 5. The van der Waals surface area contributed by atoms with Gasteiger partial charge in [0.2, 0.25) is 0 Å². The average Bonchev–Trinajstić information content (AvgIpc) is 2.59. The Morgan fingerprint density at radius 2 is 2.22 bits per heavy atom. The molecule has 98 valence electrons. The Hall–Kier alpha value is -1.94. The van der Waals surface area contributed by atoms with E-state index < -0.39 is 4.92 Å². The number of aryl methyl sites for hydroxylation is 1. The van der Waals surface area contributed by atoms with Gasteiger partial charge in [0, 0.05) is 13.0 Å². The molecule has 1 aromatic rings. The zero-order valence-corrected chi connectivity index (χ0v) is 10.9. The van der Waals surface area contributed by atoms with Crippen LogP contribution in [-0.2, 0) is 6.67 Å². The molecule has 0 radical (unpaired) electrons. The van der Waals surface area contributed by atoms with Gasteiger partial charge in [-0.25, -0.2) is 4.68 Å². The minimum absolute atomic E-state index is 0.0753. The summed E-state index contributed by atoms with van der Waals surface area (Å²) in [6, 6.07) is 2.09. The van der Waals surface area contributed by atoms with Crippen LogP contribution in [0.5, 0.6) is 0 Å². The Labute approximate surface area is 106 Å². The highest BCUT2D eigenvalue weighted by molar-refractivity contribution is 5.39. The first-order valence-corrected chi connectivity index (χ1v) is 5.79. The molecule has 1 rings (SSSR count). The molecule has 7 heteroatoms. The van der Waals surface area contributed by atoms with Crippen molar-refractivity contribution in [3.63, 3.8) is 0 Å². The summed E-state index contributed by atoms with van der Waals surface area (Å²) >= 11 is 0. The summed E-state index contributed by atoms with van der Waals surface area (Å²) in [6.45, 7) is 7.19. The SMILES string of the molecule is CCN(CCC#N)Cn1nc(C)c([N+](=O)[O-])c1C. The molecule has 0 amide bonds. The highest BCUT2D eigenvalue weighted by Gasteiger charge is 2.22. The molecule has 0 N–H and O–H groups in total. The third-order valence-electron chi connectivity index (χ3n) is 2.85. The second-order valence-corrected chi connectivity index (χ2v) is 4.04. The van der Waals surface area contributed by atoms with Crippen LogP contribution >= 0.6 is 0 Å². The maximum Gasteiger partial charge on any atom is 0.312 e. The highest BCUT2D eigenvalue weighted by Crippen LogP contribution is 2.21. The molecule has 0 unspecified atom stereocenters. The van der Waals surface area contributed by atoms with E-state index in [0.717, 1.165) is 6.54 Å². The lowest BCUT2D eigenvalue weighted by Gasteiger charge is -2.19. The molecule has 18 heavy (non-hydrogen) atoms. The van der Waals surface area contributed by atoms with Gasteiger partial charge in [0.05, 0.1) is 17.7 Å². The van der Waals surface area contributed by atoms with E-state index in [2.05, 4.69) is 11.2 Å². The fraction of sp³-hybridized carbons (Fsp3) is 0.636. The smallest absolute Gasteiger partial charge is 0.284 e. The van der Waals surface area contributed by atoms with E-state index in [1.807, 2.05) is 11.8 Å². The van der Waals surface area contributed by atoms with Crippen molar-refractivity contribution in [2.24, 2.45) is 0 Å². The standard InChI is InChI=1S/C11H17N5O2/c1-4-14(7-5-6-12)8-15-10(3)11(16(17)18)9(2)13-15/h4-5,7-8H2,1-3H3. The first-order valence-electron chi connectivity index (χ1n) is 5.79. The summed E-state index contributed by atoms with van der Waals surface area (Å²) in [5, 5.41) is 23.6. The summed E-state index contributed by atoms with van der Waals surface area (Å²) in [5.41, 5.74) is 1.05. The van der Waals surface area contributed by atoms with Crippen molar-refractivity contribution in [1.29, 1.82) is 5.26 Å². The van der Waals surface area contributed by atoms with Gasteiger partial charge in [-0.3, -0.25) is 15.0 Å². The van der Waals surface area contributed by atoms with E-state index in [1.165, 1.54) is 0 Å². The monoisotopic (exact) mass is 251 g/mol. The molecule has 0 aliphatic rings. The van der Waals surface area contributed by atoms with Crippen LogP contribution in [-0.4, -0.2) is 32.7 Å². The molecule has 0 spiro atoms. The van der Waals surface area contributed by atoms with Crippen molar-refractivity contribution < 1.29 is 4.92 Å². The van der Waals surface area contributed by atoms with Crippen LogP contribution in [0.1, 0.15) is 24.7 Å². The molecule has 0 aliphatic heterocycles. The van der Waals surface area contributed by atoms with Crippen molar-refractivity contribution in [2.45, 2.75) is 33.9 Å². The maximum absolute atomic E-state index is 10.9. The third-order valence-corrected chi connectivity index (χ3v) is 2.85. The largest absolute Gasteiger partial charge is 0.312 e. The van der Waals surface area contributed by atoms with E-state index in [9.17, 15) is 10.1 Å². The quantitative estimate of drug-likeness (QED) is 0.566. The normalized spacial score (nSPS) is 10.6. The minimum Gasteiger partial charge on any atom is -0.284 e. The maximum atomic E-state index is 10.9. The summed E-state index contributed by atoms with van der Waals surface area (Å²) < 4.78 is 1.62. The molecule has 0 saturated carbocycles. The fourth-order valence-corrected chi connectivity index (χ4v) is 1.82. The lowest BCUT2D eigenvalue weighted by molar-refractivity contribution is -0.386. The van der Waals surface area contributed by atoms with Crippen LogP contribution in [0.25, 0.3) is 0 Å². The predicted molar refractivity (Wildman–Crippen MR) is 65.8 cm³/mol. The fourth-order valence-electron chi connectivity index (χ4n) is 1.82. The third kappa shape index (κ3) is 3.05. The number of hydrogen-bond donors (Lipinski definition) is 0. The molecule has 7 nitrogen and oxygen atoms in total. The molecule has 0 fully saturated rings. The number of aromatic nitrogens is 2. The number of rotatable bonds is 6. The van der Waals surface area contributed by atoms with Crippen molar-refractivity contribution >= 4 is 5.69 Å². The lowest BCUT2D eigenvalue weighted by Crippen LogP contribution is -2.28. The van der Waals surface area contributed by atoms with E-state index in [-0.39, 0.29) is 5.69 Å². The van der Waals surface area contributed by atoms with Gasteiger partial charge in [-0.05, 0) is 20.4 Å². The predicted octanol–water partition coefficient (Wildman–Crippen LogP) is 1.60. The van der Waals surface area contributed by atoms with E-state index in [0.29, 0.717) is 31.0 Å². The van der Waals surface area contributed by atoms with Crippen LogP contribution in [0.3, 0.4) is 0 Å². The van der Waals surface area contributed by atoms with Gasteiger partial charge in [-0.2, -0.15) is 10.4 Å². The number of hydrogen-bond acceptors (Lipinski definition) is 5. The van der Waals surface area contributed by atoms with Crippen molar-refractivity contribution in [3.05, 3.63) is 21.5 Å². The van der Waals surface area contributed by atoms with Gasteiger partial charge in [0.25, 0.3) is 0 Å². The second-order valence-electron chi connectivity index (χ2n) is 4.04. The Balaban J connectivity index is 2.88. The summed E-state index contributed by atoms with van der Waals surface area (Å²) in [5.74, 6) is 0. The molecular weight excluding hydrogens is 234 g/mol. The number of nitro groups is 1. The van der Waals surface area contributed by atoms with Gasteiger partial charge in [-0.1, -0.05) is 6.92 Å². The first-order chi connectivity index (χ1) is 8.51. The average molecular weight is 251 g/mol. The van der Waals surface area contributed by atoms with E-state index in [1.54, 1.807) is 18.5 Å². The van der Waals surface area contributed by atoms with E-state index in [4.69, 9.17) is 5.26 Å². The van der Waals surface area contributed by atoms with Gasteiger partial charge < -0.3 is 0 Å². The van der Waals surface area contributed by atoms with Crippen molar-refractivity contribution in [1.82, 2.24) is 14.7 Å². The zero-order valence-electron chi connectivity index (χ0n) is 10.9. The molecule has 1 aromatic heterocycles. The van der Waals surface area contributed by atoms with Crippen LogP contribution in [0.2, 0.25) is 0 Å². The molecule has 0 aromatic carbocycles. The summed E-state index contributed by atoms with van der Waals surface area (Å²) in [7, 11) is 0. The second kappa shape index (κ2) is 6.12. The van der Waals surface area contributed by atoms with Gasteiger partial charge in [0.1, 0.15) is 11.4 Å². The van der Waals surface area contributed by atoms with Crippen LogP contribution in [0, 0.1) is 35.3 Å². The highest BCUT2D eigenvalue weighted by atomic mass is 16.6. The first kappa shape index (κ1) is 14.1. The van der Waals surface area contributed by atoms with Crippen molar-refractivity contribution in [2.75, 3.05) is 13.1 Å². The zero-order chi connectivity index (χ0) is 13.7. The van der Waals surface area contributed by atoms with Crippen LogP contribution in [0.4, 0.5) is 5.69 Å². The van der Waals surface area contributed by atoms with Crippen LogP contribution < -0.4 is 0 Å². The Morgan fingerprint density at radius 1 is 1.56 bits per heavy atom. The molecule has 0 aliphatic carbocycles. The van der Waals surface area contributed by atoms with Gasteiger partial charge in [-0.15, -0.1) is 0 Å². The van der Waals surface area contributed by atoms with Gasteiger partial charge in [0.15, 0.2) is 0 Å². The molecule has 1 heterocycles. The summed E-state index contributed by atoms with van der Waals surface area (Å²) in [6.07, 6.45) is 0.440. The van der Waals surface area contributed by atoms with E-state index >= 15 is 0 Å². The topological polar surface area (TPSA) is 88.0 Å². The Bertz CT molecular complexity index is 475. The molecule has 0 bridgehead atoms. The van der Waals surface area contributed by atoms with Gasteiger partial charge >= 0.3 is 5.69 Å². The van der Waals surface area contributed by atoms with Crippen LogP contribution in [0.15, 0.2) is 0 Å². The minimum atomic E-state index is -0.403. The molecular formula is C11H17N5O2. The Kier molecular flexibility index (Phi) is 4.80. The molecule has 0 saturated heterocycles. The Morgan fingerprint density at radius 3 is 2.67 bits per heavy atom. The molecule has 0 atom stereocenters.